The molecule has 2 aliphatic heterocycles. The summed E-state index contributed by atoms with van der Waals surface area (Å²) in [5.41, 5.74) is 2.26. The number of esters is 1. The molecule has 0 radical (unpaired) electrons. The molecule has 166 valence electrons. The molecule has 6 nitrogen and oxygen atoms in total. The number of amides is 1. The summed E-state index contributed by atoms with van der Waals surface area (Å²) in [5, 5.41) is 0. The van der Waals surface area contributed by atoms with Crippen molar-refractivity contribution in [3.8, 4) is 11.5 Å². The molecule has 0 saturated carbocycles. The summed E-state index contributed by atoms with van der Waals surface area (Å²) in [7, 11) is 1.50. The lowest BCUT2D eigenvalue weighted by atomic mass is 10.1. The SMILES string of the molecule is COc1cc(C=C2SC(=S)N(CC3CCCO3)C2=O)ccc1OC(=O)c1ccc(C)cc1. The maximum Gasteiger partial charge on any atom is 0.343 e. The number of carbonyl (C=O) groups excluding carboxylic acids is 2. The molecule has 2 heterocycles. The average molecular weight is 470 g/mol. The normalized spacial score (nSPS) is 19.6. The lowest BCUT2D eigenvalue weighted by Gasteiger charge is -2.18. The van der Waals surface area contributed by atoms with Gasteiger partial charge in [-0.1, -0.05) is 47.7 Å². The van der Waals surface area contributed by atoms with Crippen LogP contribution in [0.4, 0.5) is 0 Å². The van der Waals surface area contributed by atoms with Gasteiger partial charge in [0.05, 0.1) is 30.2 Å². The third-order valence-corrected chi connectivity index (χ3v) is 6.64. The number of thioether (sulfide) groups is 1. The van der Waals surface area contributed by atoms with Crippen molar-refractivity contribution in [1.29, 1.82) is 0 Å². The number of thiocarbonyl (C=S) groups is 1. The number of ether oxygens (including phenoxy) is 3. The molecule has 32 heavy (non-hydrogen) atoms. The number of hydrogen-bond acceptors (Lipinski definition) is 7. The Kier molecular flexibility index (Phi) is 6.93. The molecule has 1 atom stereocenters. The van der Waals surface area contributed by atoms with Crippen molar-refractivity contribution in [3.63, 3.8) is 0 Å². The molecule has 2 aliphatic rings. The van der Waals surface area contributed by atoms with Crippen molar-refractivity contribution in [1.82, 2.24) is 4.90 Å². The second-order valence-electron chi connectivity index (χ2n) is 7.59. The minimum atomic E-state index is -0.467. The second-order valence-corrected chi connectivity index (χ2v) is 9.27. The standard InChI is InChI=1S/C24H23NO5S2/c1-15-5-8-17(9-6-15)23(27)30-19-10-7-16(12-20(19)28-2)13-21-22(26)25(24(31)32-21)14-18-4-3-11-29-18/h5-10,12-13,18H,3-4,11,14H2,1-2H3. The molecule has 2 saturated heterocycles. The van der Waals surface area contributed by atoms with Crippen LogP contribution in [-0.4, -0.2) is 47.5 Å². The third-order valence-electron chi connectivity index (χ3n) is 5.26. The van der Waals surface area contributed by atoms with Crippen LogP contribution in [0.25, 0.3) is 6.08 Å². The first-order valence-corrected chi connectivity index (χ1v) is 11.5. The quantitative estimate of drug-likeness (QED) is 0.265. The zero-order chi connectivity index (χ0) is 22.7. The molecule has 4 rings (SSSR count). The maximum absolute atomic E-state index is 12.8. The number of rotatable bonds is 6. The zero-order valence-electron chi connectivity index (χ0n) is 17.8. The first-order chi connectivity index (χ1) is 15.4. The van der Waals surface area contributed by atoms with Gasteiger partial charge < -0.3 is 14.2 Å². The summed E-state index contributed by atoms with van der Waals surface area (Å²) < 4.78 is 17.1. The fraction of sp³-hybridized carbons (Fsp3) is 0.292. The van der Waals surface area contributed by atoms with E-state index in [0.717, 1.165) is 30.6 Å². The fourth-order valence-corrected chi connectivity index (χ4v) is 4.78. The lowest BCUT2D eigenvalue weighted by molar-refractivity contribution is -0.123. The van der Waals surface area contributed by atoms with Gasteiger partial charge in [0.2, 0.25) is 0 Å². The van der Waals surface area contributed by atoms with Gasteiger partial charge in [-0.3, -0.25) is 9.69 Å². The molecular weight excluding hydrogens is 446 g/mol. The van der Waals surface area contributed by atoms with Gasteiger partial charge >= 0.3 is 5.97 Å². The van der Waals surface area contributed by atoms with Crippen molar-refractivity contribution < 1.29 is 23.8 Å². The Balaban J connectivity index is 1.49. The van der Waals surface area contributed by atoms with Crippen LogP contribution in [0.15, 0.2) is 47.4 Å². The molecule has 2 aromatic rings. The van der Waals surface area contributed by atoms with Crippen molar-refractivity contribution in [2.24, 2.45) is 0 Å². The molecule has 0 aliphatic carbocycles. The van der Waals surface area contributed by atoms with E-state index in [0.29, 0.717) is 32.8 Å². The fourth-order valence-electron chi connectivity index (χ4n) is 3.51. The van der Waals surface area contributed by atoms with E-state index in [1.165, 1.54) is 18.9 Å². The molecule has 0 bridgehead atoms. The van der Waals surface area contributed by atoms with Crippen molar-refractivity contribution in [3.05, 3.63) is 64.1 Å². The van der Waals surface area contributed by atoms with Crippen LogP contribution in [0.3, 0.4) is 0 Å². The summed E-state index contributed by atoms with van der Waals surface area (Å²) in [6.45, 7) is 3.17. The smallest absolute Gasteiger partial charge is 0.343 e. The minimum absolute atomic E-state index is 0.0412. The van der Waals surface area contributed by atoms with Gasteiger partial charge in [0.25, 0.3) is 5.91 Å². The van der Waals surface area contributed by atoms with Crippen LogP contribution in [-0.2, 0) is 9.53 Å². The van der Waals surface area contributed by atoms with Crippen molar-refractivity contribution in [2.75, 3.05) is 20.3 Å². The zero-order valence-corrected chi connectivity index (χ0v) is 19.5. The van der Waals surface area contributed by atoms with Crippen LogP contribution >= 0.6 is 24.0 Å². The summed E-state index contributed by atoms with van der Waals surface area (Å²) >= 11 is 6.68. The topological polar surface area (TPSA) is 65.1 Å². The van der Waals surface area contributed by atoms with Gasteiger partial charge in [-0.25, -0.2) is 4.79 Å². The Morgan fingerprint density at radius 1 is 1.25 bits per heavy atom. The molecule has 2 aromatic carbocycles. The van der Waals surface area contributed by atoms with Gasteiger partial charge in [-0.2, -0.15) is 0 Å². The first-order valence-electron chi connectivity index (χ1n) is 10.3. The largest absolute Gasteiger partial charge is 0.493 e. The highest BCUT2D eigenvalue weighted by Gasteiger charge is 2.34. The summed E-state index contributed by atoms with van der Waals surface area (Å²) in [6, 6.07) is 12.3. The number of hydrogen-bond donors (Lipinski definition) is 0. The first kappa shape index (κ1) is 22.5. The predicted molar refractivity (Wildman–Crippen MR) is 128 cm³/mol. The highest BCUT2D eigenvalue weighted by Crippen LogP contribution is 2.35. The highest BCUT2D eigenvalue weighted by atomic mass is 32.2. The minimum Gasteiger partial charge on any atom is -0.493 e. The Labute approximate surface area is 196 Å². The van der Waals surface area contributed by atoms with E-state index in [4.69, 9.17) is 26.4 Å². The molecule has 8 heteroatoms. The van der Waals surface area contributed by atoms with E-state index in [9.17, 15) is 9.59 Å². The Morgan fingerprint density at radius 3 is 2.72 bits per heavy atom. The number of benzene rings is 2. The number of nitrogens with zero attached hydrogens (tertiary/aromatic N) is 1. The van der Waals surface area contributed by atoms with E-state index in [2.05, 4.69) is 0 Å². The number of aryl methyl sites for hydroxylation is 1. The molecular formula is C24H23NO5S2. The van der Waals surface area contributed by atoms with Gasteiger partial charge in [-0.15, -0.1) is 0 Å². The summed E-state index contributed by atoms with van der Waals surface area (Å²) in [5.74, 6) is 0.116. The van der Waals surface area contributed by atoms with Gasteiger partial charge in [0, 0.05) is 6.61 Å². The van der Waals surface area contributed by atoms with Crippen LogP contribution in [0.1, 0.15) is 34.3 Å². The molecule has 0 N–H and O–H groups in total. The Bertz CT molecular complexity index is 1070. The van der Waals surface area contributed by atoms with E-state index in [1.54, 1.807) is 41.3 Å². The molecule has 0 spiro atoms. The monoisotopic (exact) mass is 469 g/mol. The second kappa shape index (κ2) is 9.85. The van der Waals surface area contributed by atoms with Gasteiger partial charge in [-0.05, 0) is 55.7 Å². The third kappa shape index (κ3) is 5.03. The van der Waals surface area contributed by atoms with Crippen LogP contribution < -0.4 is 9.47 Å². The van der Waals surface area contributed by atoms with Crippen LogP contribution in [0.5, 0.6) is 11.5 Å². The van der Waals surface area contributed by atoms with E-state index >= 15 is 0 Å². The predicted octanol–water partition coefficient (Wildman–Crippen LogP) is 4.60. The molecule has 2 fully saturated rings. The van der Waals surface area contributed by atoms with Gasteiger partial charge in [0.15, 0.2) is 11.5 Å². The maximum atomic E-state index is 12.8. The summed E-state index contributed by atoms with van der Waals surface area (Å²) in [4.78, 5) is 27.4. The van der Waals surface area contributed by atoms with Crippen molar-refractivity contribution in [2.45, 2.75) is 25.9 Å². The van der Waals surface area contributed by atoms with E-state index in [-0.39, 0.29) is 12.0 Å². The molecule has 1 amide bonds. The van der Waals surface area contributed by atoms with Gasteiger partial charge in [0.1, 0.15) is 4.32 Å². The Hall–Kier alpha value is -2.68. The highest BCUT2D eigenvalue weighted by molar-refractivity contribution is 8.26. The molecule has 1 unspecified atom stereocenters. The van der Waals surface area contributed by atoms with Crippen molar-refractivity contribution >= 4 is 46.3 Å². The van der Waals surface area contributed by atoms with Crippen LogP contribution in [0.2, 0.25) is 0 Å². The number of carbonyl (C=O) groups is 2. The van der Waals surface area contributed by atoms with E-state index in [1.807, 2.05) is 19.1 Å². The van der Waals surface area contributed by atoms with Crippen LogP contribution in [0, 0.1) is 6.92 Å². The average Bonchev–Trinajstić information content (AvgIpc) is 3.39. The Morgan fingerprint density at radius 2 is 2.03 bits per heavy atom. The van der Waals surface area contributed by atoms with E-state index < -0.39 is 5.97 Å². The number of methoxy groups -OCH3 is 1. The lowest BCUT2D eigenvalue weighted by Crippen LogP contribution is -2.35. The summed E-state index contributed by atoms with van der Waals surface area (Å²) in [6.07, 6.45) is 3.76. The molecule has 0 aromatic heterocycles.